The predicted molar refractivity (Wildman–Crippen MR) is 187 cm³/mol. The molecule has 6 heteroatoms. The second-order valence-electron chi connectivity index (χ2n) is 12.3. The van der Waals surface area contributed by atoms with E-state index in [1.165, 1.54) is 6.07 Å². The normalized spacial score (nSPS) is 19.7. The maximum absolute atomic E-state index is 14.2. The van der Waals surface area contributed by atoms with Crippen molar-refractivity contribution in [3.8, 4) is 0 Å². The smallest absolute Gasteiger partial charge is 0.123 e. The highest BCUT2D eigenvalue weighted by Crippen LogP contribution is 2.29. The average Bonchev–Trinajstić information content (AvgIpc) is 3.14. The van der Waals surface area contributed by atoms with Crippen LogP contribution >= 0.6 is 0 Å². The molecule has 5 nitrogen and oxygen atoms in total. The van der Waals surface area contributed by atoms with Crippen LogP contribution in [0, 0.1) is 5.82 Å². The summed E-state index contributed by atoms with van der Waals surface area (Å²) >= 11 is 0. The van der Waals surface area contributed by atoms with Crippen molar-refractivity contribution in [2.24, 2.45) is 0 Å². The van der Waals surface area contributed by atoms with Gasteiger partial charge in [0.1, 0.15) is 18.0 Å². The topological polar surface area (TPSA) is 40.2 Å². The van der Waals surface area contributed by atoms with Crippen LogP contribution in [0.5, 0.6) is 0 Å². The van der Waals surface area contributed by atoms with Crippen LogP contribution in [0.2, 0.25) is 0 Å². The van der Waals surface area contributed by atoms with Crippen LogP contribution in [0.3, 0.4) is 0 Å². The van der Waals surface area contributed by atoms with E-state index >= 15 is 0 Å². The van der Waals surface area contributed by atoms with Gasteiger partial charge in [-0.15, -0.1) is 0 Å². The van der Waals surface area contributed by atoms with Crippen LogP contribution in [-0.4, -0.2) is 49.0 Å². The molecule has 0 bridgehead atoms. The molecule has 5 aromatic rings. The number of piperidine rings is 1. The van der Waals surface area contributed by atoms with E-state index in [0.717, 1.165) is 27.8 Å². The number of nitrogens with zero attached hydrogens (tertiary/aromatic N) is 1. The first-order chi connectivity index (χ1) is 23.7. The van der Waals surface area contributed by atoms with E-state index in [-0.39, 0.29) is 30.2 Å². The number of hydrogen-bond acceptors (Lipinski definition) is 5. The highest BCUT2D eigenvalue weighted by Gasteiger charge is 2.46. The molecule has 1 saturated heterocycles. The molecule has 0 spiro atoms. The summed E-state index contributed by atoms with van der Waals surface area (Å²) in [5.74, 6) is -0.226. The van der Waals surface area contributed by atoms with Gasteiger partial charge in [-0.2, -0.15) is 0 Å². The minimum atomic E-state index is -0.369. The summed E-state index contributed by atoms with van der Waals surface area (Å²) < 4.78 is 41.0. The third kappa shape index (κ3) is 9.92. The van der Waals surface area contributed by atoms with Gasteiger partial charge < -0.3 is 18.9 Å². The molecule has 0 N–H and O–H groups in total. The summed E-state index contributed by atoms with van der Waals surface area (Å²) in [6, 6.07) is 47.6. The highest BCUT2D eigenvalue weighted by molar-refractivity contribution is 5.18. The van der Waals surface area contributed by atoms with Crippen molar-refractivity contribution in [3.63, 3.8) is 0 Å². The maximum Gasteiger partial charge on any atom is 0.123 e. The SMILES string of the molecule is Fc1cccc(CCN2C[C@H](OCc3ccccc3)[C@@H](OCc3ccccc3)[C@H](OCc3ccccc3)[C@H]2COCc2ccccc2)c1. The Morgan fingerprint density at radius 2 is 1.00 bits per heavy atom. The van der Waals surface area contributed by atoms with Gasteiger partial charge in [0.05, 0.1) is 45.2 Å². The standard InChI is InChI=1S/C42H44FNO4/c43-38-23-13-22-33(26-38)24-25-44-27-40(46-29-35-16-7-2-8-17-35)42(48-31-37-20-11-4-12-21-37)41(47-30-36-18-9-3-10-19-36)39(44)32-45-28-34-14-5-1-6-15-34/h1-23,26,39-42H,24-25,27-32H2/t39-,40+,41-,42-/m1/s1. The van der Waals surface area contributed by atoms with Crippen molar-refractivity contribution < 1.29 is 23.3 Å². The monoisotopic (exact) mass is 645 g/mol. The van der Waals surface area contributed by atoms with Crippen molar-refractivity contribution in [3.05, 3.63) is 179 Å². The third-order valence-electron chi connectivity index (χ3n) is 8.81. The molecular weight excluding hydrogens is 601 g/mol. The Balaban J connectivity index is 1.30. The van der Waals surface area contributed by atoms with Gasteiger partial charge in [-0.05, 0) is 46.4 Å². The van der Waals surface area contributed by atoms with Gasteiger partial charge in [0.25, 0.3) is 0 Å². The van der Waals surface area contributed by atoms with Crippen molar-refractivity contribution in [1.29, 1.82) is 0 Å². The summed E-state index contributed by atoms with van der Waals surface area (Å²) in [7, 11) is 0. The molecule has 1 fully saturated rings. The lowest BCUT2D eigenvalue weighted by Gasteiger charge is -2.48. The van der Waals surface area contributed by atoms with Crippen molar-refractivity contribution in [1.82, 2.24) is 4.90 Å². The molecule has 1 heterocycles. The Labute approximate surface area is 283 Å². The van der Waals surface area contributed by atoms with Crippen LogP contribution in [0.4, 0.5) is 4.39 Å². The van der Waals surface area contributed by atoms with E-state index in [4.69, 9.17) is 18.9 Å². The molecule has 4 atom stereocenters. The molecule has 6 rings (SSSR count). The Bertz CT molecular complexity index is 1620. The molecule has 0 saturated carbocycles. The van der Waals surface area contributed by atoms with Crippen LogP contribution in [-0.2, 0) is 51.8 Å². The molecule has 0 radical (unpaired) electrons. The van der Waals surface area contributed by atoms with E-state index in [0.29, 0.717) is 52.5 Å². The Kier molecular flexibility index (Phi) is 12.5. The molecule has 248 valence electrons. The molecule has 1 aliphatic heterocycles. The van der Waals surface area contributed by atoms with E-state index in [1.807, 2.05) is 78.9 Å². The van der Waals surface area contributed by atoms with Gasteiger partial charge in [-0.25, -0.2) is 4.39 Å². The van der Waals surface area contributed by atoms with Gasteiger partial charge in [-0.1, -0.05) is 133 Å². The van der Waals surface area contributed by atoms with Crippen LogP contribution in [0.25, 0.3) is 0 Å². The zero-order valence-corrected chi connectivity index (χ0v) is 27.3. The second-order valence-corrected chi connectivity index (χ2v) is 12.3. The van der Waals surface area contributed by atoms with Crippen molar-refractivity contribution in [2.75, 3.05) is 19.7 Å². The largest absolute Gasteiger partial charge is 0.375 e. The summed E-state index contributed by atoms with van der Waals surface area (Å²) in [6.07, 6.45) is -0.341. The summed E-state index contributed by atoms with van der Waals surface area (Å²) in [4.78, 5) is 2.39. The molecule has 0 aromatic heterocycles. The van der Waals surface area contributed by atoms with Crippen LogP contribution in [0.15, 0.2) is 146 Å². The minimum absolute atomic E-state index is 0.136. The fourth-order valence-electron chi connectivity index (χ4n) is 6.27. The molecule has 1 aliphatic rings. The number of hydrogen-bond donors (Lipinski definition) is 0. The van der Waals surface area contributed by atoms with Gasteiger partial charge in [-0.3, -0.25) is 4.90 Å². The zero-order chi connectivity index (χ0) is 32.8. The first-order valence-corrected chi connectivity index (χ1v) is 16.8. The Hall–Kier alpha value is -4.17. The van der Waals surface area contributed by atoms with Gasteiger partial charge >= 0.3 is 0 Å². The summed E-state index contributed by atoms with van der Waals surface area (Å²) in [5, 5.41) is 0. The fourth-order valence-corrected chi connectivity index (χ4v) is 6.27. The predicted octanol–water partition coefficient (Wildman–Crippen LogP) is 8.03. The number of ether oxygens (including phenoxy) is 4. The maximum atomic E-state index is 14.2. The zero-order valence-electron chi connectivity index (χ0n) is 27.3. The molecule has 0 unspecified atom stereocenters. The summed E-state index contributed by atoms with van der Waals surface area (Å²) in [6.45, 7) is 3.54. The van der Waals surface area contributed by atoms with E-state index in [9.17, 15) is 4.39 Å². The number of rotatable bonds is 16. The lowest BCUT2D eigenvalue weighted by Crippen LogP contribution is -2.64. The van der Waals surface area contributed by atoms with Gasteiger partial charge in [0.2, 0.25) is 0 Å². The lowest BCUT2D eigenvalue weighted by molar-refractivity contribution is -0.210. The van der Waals surface area contributed by atoms with Gasteiger partial charge in [0.15, 0.2) is 0 Å². The van der Waals surface area contributed by atoms with Crippen LogP contribution in [0.1, 0.15) is 27.8 Å². The second kappa shape index (κ2) is 17.8. The minimum Gasteiger partial charge on any atom is -0.375 e. The molecule has 5 aromatic carbocycles. The number of likely N-dealkylation sites (tertiary alicyclic amines) is 1. The van der Waals surface area contributed by atoms with E-state index in [2.05, 4.69) is 53.4 Å². The third-order valence-corrected chi connectivity index (χ3v) is 8.81. The van der Waals surface area contributed by atoms with E-state index < -0.39 is 0 Å². The fraction of sp³-hybridized carbons (Fsp3) is 0.286. The first kappa shape index (κ1) is 33.7. The number of halogens is 1. The van der Waals surface area contributed by atoms with Crippen molar-refractivity contribution in [2.45, 2.75) is 57.2 Å². The van der Waals surface area contributed by atoms with E-state index in [1.54, 1.807) is 12.1 Å². The Morgan fingerprint density at radius 3 is 1.54 bits per heavy atom. The molecular formula is C42H44FNO4. The van der Waals surface area contributed by atoms with Crippen LogP contribution < -0.4 is 0 Å². The summed E-state index contributed by atoms with van der Waals surface area (Å²) in [5.41, 5.74) is 5.33. The molecule has 48 heavy (non-hydrogen) atoms. The number of benzene rings is 5. The van der Waals surface area contributed by atoms with Gasteiger partial charge in [0, 0.05) is 13.1 Å². The quantitative estimate of drug-likeness (QED) is 0.109. The highest BCUT2D eigenvalue weighted by atomic mass is 19.1. The Morgan fingerprint density at radius 1 is 0.521 bits per heavy atom. The molecule has 0 aliphatic carbocycles. The lowest BCUT2D eigenvalue weighted by atomic mass is 9.92. The average molecular weight is 646 g/mol. The van der Waals surface area contributed by atoms with Crippen molar-refractivity contribution >= 4 is 0 Å². The first-order valence-electron chi connectivity index (χ1n) is 16.8. The molecule has 0 amide bonds.